The van der Waals surface area contributed by atoms with Crippen LogP contribution in [0.4, 0.5) is 5.69 Å². The summed E-state index contributed by atoms with van der Waals surface area (Å²) in [5.74, 6) is -0.428. The van der Waals surface area contributed by atoms with Crippen LogP contribution in [0.15, 0.2) is 54.6 Å². The van der Waals surface area contributed by atoms with Crippen LogP contribution in [0.3, 0.4) is 0 Å². The summed E-state index contributed by atoms with van der Waals surface area (Å²) in [6.45, 7) is 6.01. The molecule has 1 amide bonds. The molecule has 0 heterocycles. The second-order valence-corrected chi connectivity index (χ2v) is 5.28. The molecule has 0 aliphatic rings. The molecule has 3 heteroatoms. The first-order valence-electron chi connectivity index (χ1n) is 7.47. The number of aryl methyl sites for hydroxylation is 1. The maximum absolute atomic E-state index is 10.8. The van der Waals surface area contributed by atoms with Crippen LogP contribution in [0.2, 0.25) is 0 Å². The molecule has 0 fully saturated rings. The maximum atomic E-state index is 10.8. The van der Waals surface area contributed by atoms with Crippen molar-refractivity contribution in [2.24, 2.45) is 5.73 Å². The quantitative estimate of drug-likeness (QED) is 0.829. The van der Waals surface area contributed by atoms with Crippen LogP contribution in [-0.2, 0) is 11.3 Å². The summed E-state index contributed by atoms with van der Waals surface area (Å²) in [7, 11) is 0. The van der Waals surface area contributed by atoms with Crippen LogP contribution in [0.1, 0.15) is 23.6 Å². The van der Waals surface area contributed by atoms with Gasteiger partial charge < -0.3 is 10.6 Å². The third-order valence-corrected chi connectivity index (χ3v) is 3.64. The molecule has 2 N–H and O–H groups in total. The number of benzene rings is 2. The van der Waals surface area contributed by atoms with E-state index in [0.717, 1.165) is 24.2 Å². The number of hydrogen-bond donors (Lipinski definition) is 1. The highest BCUT2D eigenvalue weighted by molar-refractivity contribution is 5.90. The lowest BCUT2D eigenvalue weighted by Crippen LogP contribution is -2.22. The summed E-state index contributed by atoms with van der Waals surface area (Å²) >= 11 is 0. The van der Waals surface area contributed by atoms with Gasteiger partial charge in [-0.05, 0) is 48.7 Å². The number of carbonyl (C=O) groups is 1. The molecule has 22 heavy (non-hydrogen) atoms. The molecular weight excluding hydrogens is 272 g/mol. The second-order valence-electron chi connectivity index (χ2n) is 5.28. The Morgan fingerprint density at radius 1 is 1.18 bits per heavy atom. The Kier molecular flexibility index (Phi) is 5.37. The fourth-order valence-electron chi connectivity index (χ4n) is 2.40. The monoisotopic (exact) mass is 294 g/mol. The lowest BCUT2D eigenvalue weighted by atomic mass is 10.1. The molecule has 2 aromatic rings. The predicted molar refractivity (Wildman–Crippen MR) is 92.6 cm³/mol. The first-order valence-corrected chi connectivity index (χ1v) is 7.47. The number of nitrogens with two attached hydrogens (primary N) is 1. The van der Waals surface area contributed by atoms with Gasteiger partial charge >= 0.3 is 0 Å². The third kappa shape index (κ3) is 4.22. The van der Waals surface area contributed by atoms with E-state index >= 15 is 0 Å². The zero-order chi connectivity index (χ0) is 15.9. The molecule has 0 bridgehead atoms. The smallest absolute Gasteiger partial charge is 0.241 e. The van der Waals surface area contributed by atoms with Crippen molar-refractivity contribution >= 4 is 17.7 Å². The molecule has 0 radical (unpaired) electrons. The van der Waals surface area contributed by atoms with Crippen molar-refractivity contribution in [2.45, 2.75) is 20.4 Å². The molecule has 0 unspecified atom stereocenters. The van der Waals surface area contributed by atoms with E-state index in [1.165, 1.54) is 17.3 Å². The van der Waals surface area contributed by atoms with Crippen LogP contribution in [0.25, 0.3) is 6.08 Å². The number of carbonyl (C=O) groups excluding carboxylic acids is 1. The van der Waals surface area contributed by atoms with Gasteiger partial charge in [-0.2, -0.15) is 0 Å². The molecule has 2 rings (SSSR count). The maximum Gasteiger partial charge on any atom is 0.241 e. The summed E-state index contributed by atoms with van der Waals surface area (Å²) in [4.78, 5) is 13.2. The van der Waals surface area contributed by atoms with Gasteiger partial charge in [0, 0.05) is 24.9 Å². The molecule has 0 aromatic heterocycles. The van der Waals surface area contributed by atoms with Crippen LogP contribution in [0, 0.1) is 6.92 Å². The Morgan fingerprint density at radius 3 is 2.50 bits per heavy atom. The van der Waals surface area contributed by atoms with Gasteiger partial charge in [0.25, 0.3) is 0 Å². The summed E-state index contributed by atoms with van der Waals surface area (Å²) in [5, 5.41) is 0. The van der Waals surface area contributed by atoms with Gasteiger partial charge in [-0.25, -0.2) is 0 Å². The van der Waals surface area contributed by atoms with Crippen molar-refractivity contribution in [1.82, 2.24) is 0 Å². The fourth-order valence-corrected chi connectivity index (χ4v) is 2.40. The zero-order valence-corrected chi connectivity index (χ0v) is 13.1. The highest BCUT2D eigenvalue weighted by Crippen LogP contribution is 2.22. The lowest BCUT2D eigenvalue weighted by molar-refractivity contribution is -0.113. The minimum atomic E-state index is -0.428. The molecule has 0 atom stereocenters. The predicted octanol–water partition coefficient (Wildman–Crippen LogP) is 3.52. The number of nitrogens with zero attached hydrogens (tertiary/aromatic N) is 1. The highest BCUT2D eigenvalue weighted by Gasteiger charge is 2.06. The van der Waals surface area contributed by atoms with Gasteiger partial charge in [-0.1, -0.05) is 36.4 Å². The SMILES string of the molecule is CCN(Cc1ccccc1)c1ccc(/C=C/C(N)=O)c(C)c1. The Labute approximate surface area is 132 Å². The Balaban J connectivity index is 2.19. The van der Waals surface area contributed by atoms with E-state index in [-0.39, 0.29) is 0 Å². The van der Waals surface area contributed by atoms with E-state index < -0.39 is 5.91 Å². The van der Waals surface area contributed by atoms with Gasteiger partial charge in [-0.15, -0.1) is 0 Å². The average Bonchev–Trinajstić information content (AvgIpc) is 2.52. The van der Waals surface area contributed by atoms with E-state index in [9.17, 15) is 4.79 Å². The Morgan fingerprint density at radius 2 is 1.91 bits per heavy atom. The molecule has 114 valence electrons. The summed E-state index contributed by atoms with van der Waals surface area (Å²) in [6.07, 6.45) is 3.15. The number of primary amides is 1. The van der Waals surface area contributed by atoms with E-state index in [2.05, 4.69) is 48.2 Å². The molecule has 0 saturated heterocycles. The summed E-state index contributed by atoms with van der Waals surface area (Å²) in [6, 6.07) is 16.7. The first kappa shape index (κ1) is 15.8. The number of amides is 1. The molecule has 0 aliphatic carbocycles. The van der Waals surface area contributed by atoms with Gasteiger partial charge in [0.2, 0.25) is 5.91 Å². The Hall–Kier alpha value is -2.55. The molecule has 2 aromatic carbocycles. The topological polar surface area (TPSA) is 46.3 Å². The zero-order valence-electron chi connectivity index (χ0n) is 13.1. The molecule has 0 saturated carbocycles. The normalized spacial score (nSPS) is 10.8. The Bertz CT molecular complexity index is 662. The minimum absolute atomic E-state index is 0.428. The average molecular weight is 294 g/mol. The standard InChI is InChI=1S/C19H22N2O/c1-3-21(14-16-7-5-4-6-8-16)18-11-9-17(15(2)13-18)10-12-19(20)22/h4-13H,3,14H2,1-2H3,(H2,20,22)/b12-10+. The molecular formula is C19H22N2O. The van der Waals surface area contributed by atoms with Crippen molar-refractivity contribution in [2.75, 3.05) is 11.4 Å². The second kappa shape index (κ2) is 7.46. The van der Waals surface area contributed by atoms with Gasteiger partial charge in [0.05, 0.1) is 0 Å². The third-order valence-electron chi connectivity index (χ3n) is 3.64. The largest absolute Gasteiger partial charge is 0.367 e. The van der Waals surface area contributed by atoms with Crippen molar-refractivity contribution in [3.8, 4) is 0 Å². The van der Waals surface area contributed by atoms with Crippen LogP contribution in [-0.4, -0.2) is 12.5 Å². The number of rotatable bonds is 6. The first-order chi connectivity index (χ1) is 10.6. The lowest BCUT2D eigenvalue weighted by Gasteiger charge is -2.24. The summed E-state index contributed by atoms with van der Waals surface area (Å²) < 4.78 is 0. The van der Waals surface area contributed by atoms with E-state index in [4.69, 9.17) is 5.73 Å². The van der Waals surface area contributed by atoms with Crippen LogP contribution >= 0.6 is 0 Å². The van der Waals surface area contributed by atoms with Gasteiger partial charge in [0.15, 0.2) is 0 Å². The summed E-state index contributed by atoms with van der Waals surface area (Å²) in [5.41, 5.74) is 9.75. The molecule has 0 spiro atoms. The minimum Gasteiger partial charge on any atom is -0.367 e. The molecule has 0 aliphatic heterocycles. The van der Waals surface area contributed by atoms with Gasteiger partial charge in [0.1, 0.15) is 0 Å². The highest BCUT2D eigenvalue weighted by atomic mass is 16.1. The van der Waals surface area contributed by atoms with Crippen molar-refractivity contribution < 1.29 is 4.79 Å². The van der Waals surface area contributed by atoms with Crippen molar-refractivity contribution in [3.63, 3.8) is 0 Å². The fraction of sp³-hybridized carbons (Fsp3) is 0.211. The van der Waals surface area contributed by atoms with Crippen molar-refractivity contribution in [1.29, 1.82) is 0 Å². The number of anilines is 1. The van der Waals surface area contributed by atoms with E-state index in [0.29, 0.717) is 0 Å². The van der Waals surface area contributed by atoms with E-state index in [1.54, 1.807) is 6.08 Å². The van der Waals surface area contributed by atoms with Crippen LogP contribution < -0.4 is 10.6 Å². The van der Waals surface area contributed by atoms with Crippen LogP contribution in [0.5, 0.6) is 0 Å². The van der Waals surface area contributed by atoms with Crippen molar-refractivity contribution in [3.05, 3.63) is 71.3 Å². The van der Waals surface area contributed by atoms with E-state index in [1.807, 2.05) is 19.1 Å². The molecule has 3 nitrogen and oxygen atoms in total. The van der Waals surface area contributed by atoms with Gasteiger partial charge in [-0.3, -0.25) is 4.79 Å². The number of hydrogen-bond acceptors (Lipinski definition) is 2.